The normalized spacial score (nSPS) is 21.0. The second-order valence-corrected chi connectivity index (χ2v) is 11.4. The number of methoxy groups -OCH3 is 1. The van der Waals surface area contributed by atoms with Crippen molar-refractivity contribution < 1.29 is 47.6 Å². The fourth-order valence-corrected chi connectivity index (χ4v) is 6.48. The van der Waals surface area contributed by atoms with Crippen LogP contribution in [-0.4, -0.2) is 66.6 Å². The summed E-state index contributed by atoms with van der Waals surface area (Å²) in [5, 5.41) is 10.6. The highest BCUT2D eigenvalue weighted by Gasteiger charge is 2.53. The van der Waals surface area contributed by atoms with Crippen LogP contribution in [0.25, 0.3) is 22.4 Å². The first-order chi connectivity index (χ1) is 22.4. The van der Waals surface area contributed by atoms with E-state index < -0.39 is 61.1 Å². The molecule has 1 aliphatic heterocycles. The highest BCUT2D eigenvalue weighted by molar-refractivity contribution is 7.71. The number of rotatable bonds is 8. The second kappa shape index (κ2) is 13.7. The Morgan fingerprint density at radius 2 is 1.51 bits per heavy atom. The van der Waals surface area contributed by atoms with Crippen molar-refractivity contribution in [3.05, 3.63) is 69.9 Å². The van der Waals surface area contributed by atoms with Crippen LogP contribution in [0.2, 0.25) is 0 Å². The van der Waals surface area contributed by atoms with E-state index in [9.17, 15) is 24.4 Å². The van der Waals surface area contributed by atoms with Gasteiger partial charge in [-0.2, -0.15) is 5.26 Å². The average Bonchev–Trinajstić information content (AvgIpc) is 3.40. The molecule has 0 amide bonds. The number of esters is 4. The van der Waals surface area contributed by atoms with E-state index in [1.807, 2.05) is 36.4 Å². The summed E-state index contributed by atoms with van der Waals surface area (Å²) in [5.41, 5.74) is 4.59. The summed E-state index contributed by atoms with van der Waals surface area (Å²) in [6.45, 7) is 4.26. The number of carbonyl (C=O) groups excluding carboxylic acids is 4. The lowest BCUT2D eigenvalue weighted by molar-refractivity contribution is -0.268. The van der Waals surface area contributed by atoms with Crippen LogP contribution in [0.1, 0.15) is 50.6 Å². The van der Waals surface area contributed by atoms with E-state index in [2.05, 4.69) is 6.07 Å². The smallest absolute Gasteiger partial charge is 0.303 e. The Morgan fingerprint density at radius 1 is 0.894 bits per heavy atom. The van der Waals surface area contributed by atoms with E-state index in [0.29, 0.717) is 23.4 Å². The molecular formula is C34H32N2O10S. The van der Waals surface area contributed by atoms with Gasteiger partial charge in [-0.25, -0.2) is 0 Å². The van der Waals surface area contributed by atoms with Gasteiger partial charge in [0, 0.05) is 45.2 Å². The summed E-state index contributed by atoms with van der Waals surface area (Å²) in [7, 11) is 1.56. The van der Waals surface area contributed by atoms with E-state index in [4.69, 9.17) is 40.6 Å². The Morgan fingerprint density at radius 3 is 2.11 bits per heavy atom. The third kappa shape index (κ3) is 6.61. The highest BCUT2D eigenvalue weighted by Crippen LogP contribution is 2.47. The highest BCUT2D eigenvalue weighted by atomic mass is 32.1. The monoisotopic (exact) mass is 660 g/mol. The van der Waals surface area contributed by atoms with Crippen molar-refractivity contribution in [1.82, 2.24) is 4.57 Å². The van der Waals surface area contributed by atoms with Crippen LogP contribution in [0.15, 0.2) is 48.5 Å². The lowest BCUT2D eigenvalue weighted by atomic mass is 9.93. The summed E-state index contributed by atoms with van der Waals surface area (Å²) in [6, 6.07) is 17.1. The van der Waals surface area contributed by atoms with Gasteiger partial charge < -0.3 is 33.0 Å². The van der Waals surface area contributed by atoms with Gasteiger partial charge in [0.1, 0.15) is 29.2 Å². The van der Waals surface area contributed by atoms with Crippen LogP contribution in [-0.2, 0) is 49.3 Å². The molecule has 1 saturated heterocycles. The first-order valence-corrected chi connectivity index (χ1v) is 15.1. The van der Waals surface area contributed by atoms with Crippen molar-refractivity contribution in [3.63, 3.8) is 0 Å². The van der Waals surface area contributed by atoms with Crippen LogP contribution in [0.3, 0.4) is 0 Å². The number of nitrogens with zero attached hydrogens (tertiary/aromatic N) is 2. The van der Waals surface area contributed by atoms with Gasteiger partial charge in [0.15, 0.2) is 24.5 Å². The number of ether oxygens (including phenoxy) is 6. The molecule has 3 aromatic rings. The molecule has 47 heavy (non-hydrogen) atoms. The Bertz CT molecular complexity index is 1840. The lowest BCUT2D eigenvalue weighted by Gasteiger charge is -2.45. The minimum Gasteiger partial charge on any atom is -0.497 e. The van der Waals surface area contributed by atoms with Crippen LogP contribution < -0.4 is 4.74 Å². The molecule has 1 fully saturated rings. The maximum atomic E-state index is 12.6. The SMILES string of the molecule is COc1ccc(-c2c3c(n([C@@H]4O[C@H](COC(C)=O)[C@@H](OC(C)=O)[C@@H](OC(C)=O)[C@@H]4OC(C)=O)c(=S)c2C#N)-c2ccccc2C3)cc1. The van der Waals surface area contributed by atoms with Gasteiger partial charge in [-0.3, -0.25) is 19.2 Å². The standard InChI is InChI=1S/C34H32N2O10S/c1-17(37)42-16-27-30(43-18(2)38)31(44-19(3)39)32(45-20(4)40)33(46-27)36-29-24-9-7-6-8-22(24)14-25(29)28(26(15-35)34(36)47)21-10-12-23(41-5)13-11-21/h6-13,27,30-33H,14,16H2,1-5H3/t27-,30-,31-,32+,33-/m1/s1. The summed E-state index contributed by atoms with van der Waals surface area (Å²) in [4.78, 5) is 49.2. The quantitative estimate of drug-likeness (QED) is 0.148. The van der Waals surface area contributed by atoms with Crippen molar-refractivity contribution in [3.8, 4) is 34.2 Å². The van der Waals surface area contributed by atoms with E-state index in [0.717, 1.165) is 36.1 Å². The minimum atomic E-state index is -1.42. The number of benzene rings is 2. The maximum Gasteiger partial charge on any atom is 0.303 e. The number of carbonyl (C=O) groups is 4. The van der Waals surface area contributed by atoms with Crippen molar-refractivity contribution in [2.24, 2.45) is 0 Å². The van der Waals surface area contributed by atoms with Gasteiger partial charge in [-0.05, 0) is 28.8 Å². The Hall–Kier alpha value is -5.06. The van der Waals surface area contributed by atoms with E-state index >= 15 is 0 Å². The molecule has 5 rings (SSSR count). The first-order valence-electron chi connectivity index (χ1n) is 14.7. The van der Waals surface area contributed by atoms with Gasteiger partial charge in [0.25, 0.3) is 0 Å². The van der Waals surface area contributed by atoms with Crippen molar-refractivity contribution in [1.29, 1.82) is 5.26 Å². The van der Waals surface area contributed by atoms with Crippen LogP contribution >= 0.6 is 12.2 Å². The molecule has 12 nitrogen and oxygen atoms in total. The zero-order valence-corrected chi connectivity index (χ0v) is 27.1. The molecule has 2 aliphatic rings. The van der Waals surface area contributed by atoms with Gasteiger partial charge >= 0.3 is 23.9 Å². The van der Waals surface area contributed by atoms with Crippen LogP contribution in [0.4, 0.5) is 0 Å². The molecule has 0 spiro atoms. The molecule has 1 aromatic heterocycles. The van der Waals surface area contributed by atoms with Crippen LogP contribution in [0, 0.1) is 16.0 Å². The zero-order valence-electron chi connectivity index (χ0n) is 26.3. The van der Waals surface area contributed by atoms with Gasteiger partial charge in [0.2, 0.25) is 0 Å². The summed E-state index contributed by atoms with van der Waals surface area (Å²) in [5.74, 6) is -2.26. The van der Waals surface area contributed by atoms with E-state index in [1.165, 1.54) is 13.8 Å². The maximum absolute atomic E-state index is 12.6. The molecule has 1 aliphatic carbocycles. The molecule has 0 N–H and O–H groups in total. The molecule has 2 aromatic carbocycles. The Balaban J connectivity index is 1.82. The summed E-state index contributed by atoms with van der Waals surface area (Å²) < 4.78 is 35.7. The topological polar surface area (TPSA) is 152 Å². The largest absolute Gasteiger partial charge is 0.497 e. The molecule has 2 heterocycles. The number of pyridine rings is 1. The molecule has 5 atom stereocenters. The zero-order chi connectivity index (χ0) is 34.0. The third-order valence-electron chi connectivity index (χ3n) is 7.86. The summed E-state index contributed by atoms with van der Waals surface area (Å²) in [6.07, 6.45) is -6.29. The van der Waals surface area contributed by atoms with E-state index in [-0.39, 0.29) is 10.2 Å². The first kappa shape index (κ1) is 33.3. The van der Waals surface area contributed by atoms with Crippen molar-refractivity contribution >= 4 is 36.1 Å². The number of nitriles is 1. The predicted molar refractivity (Wildman–Crippen MR) is 167 cm³/mol. The second-order valence-electron chi connectivity index (χ2n) is 11.0. The van der Waals surface area contributed by atoms with Crippen molar-refractivity contribution in [2.45, 2.75) is 64.8 Å². The van der Waals surface area contributed by atoms with Gasteiger partial charge in [-0.15, -0.1) is 0 Å². The predicted octanol–water partition coefficient (Wildman–Crippen LogP) is 4.59. The molecular weight excluding hydrogens is 628 g/mol. The molecule has 0 radical (unpaired) electrons. The van der Waals surface area contributed by atoms with E-state index in [1.54, 1.807) is 23.8 Å². The number of hydrogen-bond donors (Lipinski definition) is 0. The molecule has 0 bridgehead atoms. The fourth-order valence-electron chi connectivity index (χ4n) is 6.14. The van der Waals surface area contributed by atoms with Gasteiger partial charge in [0.05, 0.1) is 18.4 Å². The fraction of sp³-hybridized carbons (Fsp3) is 0.353. The number of aromatic nitrogens is 1. The number of fused-ring (bicyclic) bond motifs is 3. The Kier molecular flexibility index (Phi) is 9.74. The molecule has 13 heteroatoms. The lowest BCUT2D eigenvalue weighted by Crippen LogP contribution is -2.60. The van der Waals surface area contributed by atoms with Crippen molar-refractivity contribution in [2.75, 3.05) is 13.7 Å². The minimum absolute atomic E-state index is 0.0506. The number of hydrogen-bond acceptors (Lipinski definition) is 12. The average molecular weight is 661 g/mol. The molecule has 244 valence electrons. The summed E-state index contributed by atoms with van der Waals surface area (Å²) >= 11 is 6.03. The molecule has 0 saturated carbocycles. The Labute approximate surface area is 275 Å². The molecule has 0 unspecified atom stereocenters. The third-order valence-corrected chi connectivity index (χ3v) is 8.26. The van der Waals surface area contributed by atoms with Gasteiger partial charge in [-0.1, -0.05) is 48.6 Å². The van der Waals surface area contributed by atoms with Crippen LogP contribution in [0.5, 0.6) is 5.75 Å².